The summed E-state index contributed by atoms with van der Waals surface area (Å²) >= 11 is 6.00. The molecule has 2 aromatic rings. The van der Waals surface area contributed by atoms with Gasteiger partial charge < -0.3 is 0 Å². The van der Waals surface area contributed by atoms with Gasteiger partial charge in [0.15, 0.2) is 0 Å². The van der Waals surface area contributed by atoms with Gasteiger partial charge in [-0.2, -0.15) is 0 Å². The molecule has 0 radical (unpaired) electrons. The van der Waals surface area contributed by atoms with Crippen LogP contribution in [-0.4, -0.2) is 9.97 Å². The molecule has 4 heteroatoms. The molecule has 0 fully saturated rings. The van der Waals surface area contributed by atoms with Gasteiger partial charge in [-0.15, -0.1) is 0 Å². The summed E-state index contributed by atoms with van der Waals surface area (Å²) in [5.74, 6) is -0.213. The van der Waals surface area contributed by atoms with Gasteiger partial charge in [0.25, 0.3) is 0 Å². The molecule has 1 aromatic carbocycles. The van der Waals surface area contributed by atoms with Gasteiger partial charge in [0.05, 0.1) is 0 Å². The first kappa shape index (κ1) is 12.0. The van der Waals surface area contributed by atoms with Crippen LogP contribution in [0.15, 0.2) is 30.6 Å². The largest absolute Gasteiger partial charge is 0.241 e. The summed E-state index contributed by atoms with van der Waals surface area (Å²) in [6.07, 6.45) is 2.89. The van der Waals surface area contributed by atoms with E-state index in [0.717, 1.165) is 29.7 Å². The van der Waals surface area contributed by atoms with E-state index in [1.807, 2.05) is 13.0 Å². The Morgan fingerprint density at radius 1 is 1.24 bits per heavy atom. The van der Waals surface area contributed by atoms with E-state index in [1.54, 1.807) is 6.07 Å². The Labute approximate surface area is 104 Å². The molecule has 0 unspecified atom stereocenters. The minimum absolute atomic E-state index is 0.213. The number of nitrogens with zero attached hydrogens (tertiary/aromatic N) is 2. The molecule has 0 amide bonds. The summed E-state index contributed by atoms with van der Waals surface area (Å²) < 4.78 is 13.0. The van der Waals surface area contributed by atoms with E-state index in [9.17, 15) is 4.39 Å². The second-order valence-corrected chi connectivity index (χ2v) is 4.22. The van der Waals surface area contributed by atoms with Crippen molar-refractivity contribution in [3.63, 3.8) is 0 Å². The van der Waals surface area contributed by atoms with E-state index in [1.165, 1.54) is 18.5 Å². The predicted octanol–water partition coefficient (Wildman–Crippen LogP) is 3.36. The van der Waals surface area contributed by atoms with Crippen LogP contribution in [0.5, 0.6) is 0 Å². The molecule has 1 heterocycles. The summed E-state index contributed by atoms with van der Waals surface area (Å²) in [6, 6.07) is 6.58. The van der Waals surface area contributed by atoms with Gasteiger partial charge in [-0.25, -0.2) is 14.4 Å². The lowest BCUT2D eigenvalue weighted by atomic mass is 10.0. The first-order chi connectivity index (χ1) is 8.16. The zero-order chi connectivity index (χ0) is 12.3. The van der Waals surface area contributed by atoms with E-state index < -0.39 is 0 Å². The number of aryl methyl sites for hydroxylation is 2. The van der Waals surface area contributed by atoms with E-state index in [0.29, 0.717) is 5.15 Å². The molecule has 0 bridgehead atoms. The van der Waals surface area contributed by atoms with Crippen molar-refractivity contribution in [2.24, 2.45) is 0 Å². The molecule has 1 aromatic heterocycles. The predicted molar refractivity (Wildman–Crippen MR) is 65.6 cm³/mol. The molecule has 2 nitrogen and oxygen atoms in total. The number of benzene rings is 1. The van der Waals surface area contributed by atoms with Crippen LogP contribution in [-0.2, 0) is 12.8 Å². The highest BCUT2D eigenvalue weighted by atomic mass is 35.5. The van der Waals surface area contributed by atoms with Crippen LogP contribution in [0, 0.1) is 12.7 Å². The molecular weight excluding hydrogens is 239 g/mol. The third kappa shape index (κ3) is 3.01. The average molecular weight is 251 g/mol. The third-order valence-electron chi connectivity index (χ3n) is 2.66. The highest BCUT2D eigenvalue weighted by Crippen LogP contribution is 2.17. The molecule has 0 atom stereocenters. The summed E-state index contributed by atoms with van der Waals surface area (Å²) in [5.41, 5.74) is 2.75. The van der Waals surface area contributed by atoms with Gasteiger partial charge in [0.1, 0.15) is 17.3 Å². The first-order valence-corrected chi connectivity index (χ1v) is 5.75. The molecule has 2 rings (SSSR count). The van der Waals surface area contributed by atoms with Gasteiger partial charge >= 0.3 is 0 Å². The Kier molecular flexibility index (Phi) is 3.69. The van der Waals surface area contributed by atoms with Crippen LogP contribution in [0.3, 0.4) is 0 Å². The Balaban J connectivity index is 2.13. The molecule has 0 aliphatic rings. The lowest BCUT2D eigenvalue weighted by molar-refractivity contribution is 0.625. The average Bonchev–Trinajstić information content (AvgIpc) is 2.28. The number of hydrogen-bond acceptors (Lipinski definition) is 2. The number of rotatable bonds is 3. The maximum absolute atomic E-state index is 13.0. The van der Waals surface area contributed by atoms with Crippen molar-refractivity contribution in [3.05, 3.63) is 58.4 Å². The fourth-order valence-corrected chi connectivity index (χ4v) is 1.99. The highest BCUT2D eigenvalue weighted by molar-refractivity contribution is 6.30. The molecule has 0 saturated carbocycles. The fraction of sp³-hybridized carbons (Fsp3) is 0.231. The van der Waals surface area contributed by atoms with Crippen molar-refractivity contribution in [2.45, 2.75) is 19.8 Å². The molecule has 0 N–H and O–H groups in total. The maximum Gasteiger partial charge on any atom is 0.135 e. The minimum Gasteiger partial charge on any atom is -0.241 e. The van der Waals surface area contributed by atoms with Crippen molar-refractivity contribution in [3.8, 4) is 0 Å². The molecule has 0 aliphatic carbocycles. The standard InChI is InChI=1S/C13H12ClFN2/c1-9-12(13(14)17-8-16-9)6-5-10-3-2-4-11(15)7-10/h2-4,7-8H,5-6H2,1H3. The fourth-order valence-electron chi connectivity index (χ4n) is 1.72. The topological polar surface area (TPSA) is 25.8 Å². The summed E-state index contributed by atoms with van der Waals surface area (Å²) in [6.45, 7) is 1.90. The van der Waals surface area contributed by atoms with Crippen molar-refractivity contribution >= 4 is 11.6 Å². The van der Waals surface area contributed by atoms with E-state index in [4.69, 9.17) is 11.6 Å². The summed E-state index contributed by atoms with van der Waals surface area (Å²) in [5, 5.41) is 0.480. The minimum atomic E-state index is -0.213. The second-order valence-electron chi connectivity index (χ2n) is 3.86. The SMILES string of the molecule is Cc1ncnc(Cl)c1CCc1cccc(F)c1. The van der Waals surface area contributed by atoms with Crippen LogP contribution < -0.4 is 0 Å². The van der Waals surface area contributed by atoms with Crippen molar-refractivity contribution in [2.75, 3.05) is 0 Å². The molecule has 88 valence electrons. The monoisotopic (exact) mass is 250 g/mol. The van der Waals surface area contributed by atoms with Crippen molar-refractivity contribution in [1.82, 2.24) is 9.97 Å². The third-order valence-corrected chi connectivity index (χ3v) is 2.99. The zero-order valence-corrected chi connectivity index (χ0v) is 10.2. The Morgan fingerprint density at radius 3 is 2.76 bits per heavy atom. The van der Waals surface area contributed by atoms with Gasteiger partial charge in [0, 0.05) is 11.3 Å². The number of hydrogen-bond donors (Lipinski definition) is 0. The summed E-state index contributed by atoms with van der Waals surface area (Å²) in [7, 11) is 0. The van der Waals surface area contributed by atoms with Crippen LogP contribution >= 0.6 is 11.6 Å². The Morgan fingerprint density at radius 2 is 2.06 bits per heavy atom. The molecular formula is C13H12ClFN2. The van der Waals surface area contributed by atoms with E-state index in [2.05, 4.69) is 9.97 Å². The van der Waals surface area contributed by atoms with Crippen LogP contribution in [0.4, 0.5) is 4.39 Å². The van der Waals surface area contributed by atoms with Gasteiger partial charge in [-0.05, 0) is 37.5 Å². The van der Waals surface area contributed by atoms with Crippen molar-refractivity contribution in [1.29, 1.82) is 0 Å². The van der Waals surface area contributed by atoms with E-state index >= 15 is 0 Å². The first-order valence-electron chi connectivity index (χ1n) is 5.37. The van der Waals surface area contributed by atoms with Crippen molar-refractivity contribution < 1.29 is 4.39 Å². The quantitative estimate of drug-likeness (QED) is 0.781. The van der Waals surface area contributed by atoms with Crippen LogP contribution in [0.1, 0.15) is 16.8 Å². The Hall–Kier alpha value is -1.48. The molecule has 0 aliphatic heterocycles. The smallest absolute Gasteiger partial charge is 0.135 e. The lowest BCUT2D eigenvalue weighted by Gasteiger charge is -2.06. The lowest BCUT2D eigenvalue weighted by Crippen LogP contribution is -1.99. The number of halogens is 2. The normalized spacial score (nSPS) is 10.5. The summed E-state index contributed by atoms with van der Waals surface area (Å²) in [4.78, 5) is 8.05. The second kappa shape index (κ2) is 5.23. The maximum atomic E-state index is 13.0. The van der Waals surface area contributed by atoms with Crippen LogP contribution in [0.25, 0.3) is 0 Å². The zero-order valence-electron chi connectivity index (χ0n) is 9.45. The molecule has 0 spiro atoms. The van der Waals surface area contributed by atoms with Gasteiger partial charge in [-0.3, -0.25) is 0 Å². The van der Waals surface area contributed by atoms with Gasteiger partial charge in [0.2, 0.25) is 0 Å². The Bertz CT molecular complexity index is 508. The molecule has 0 saturated heterocycles. The highest BCUT2D eigenvalue weighted by Gasteiger charge is 2.06. The number of aromatic nitrogens is 2. The van der Waals surface area contributed by atoms with Crippen LogP contribution in [0.2, 0.25) is 5.15 Å². The molecule has 17 heavy (non-hydrogen) atoms. The van der Waals surface area contributed by atoms with E-state index in [-0.39, 0.29) is 5.82 Å². The van der Waals surface area contributed by atoms with Gasteiger partial charge in [-0.1, -0.05) is 23.7 Å².